The maximum atomic E-state index is 11.9. The van der Waals surface area contributed by atoms with Crippen LogP contribution >= 0.6 is 38.5 Å². The van der Waals surface area contributed by atoms with Crippen molar-refractivity contribution in [1.29, 1.82) is 0 Å². The van der Waals surface area contributed by atoms with Crippen molar-refractivity contribution >= 4 is 50.6 Å². The summed E-state index contributed by atoms with van der Waals surface area (Å²) in [5, 5.41) is 4.01. The lowest BCUT2D eigenvalue weighted by atomic mass is 10.1. The number of hydrazone groups is 1. The van der Waals surface area contributed by atoms with Crippen LogP contribution in [0.3, 0.4) is 0 Å². The maximum absolute atomic E-state index is 11.9. The molecule has 0 bridgehead atoms. The molecule has 0 aliphatic rings. The zero-order valence-corrected chi connectivity index (χ0v) is 17.6. The third-order valence-electron chi connectivity index (χ3n) is 3.22. The zero-order valence-electron chi connectivity index (χ0n) is 13.9. The van der Waals surface area contributed by atoms with Gasteiger partial charge in [0, 0.05) is 4.47 Å². The number of hydrogen-bond donors (Lipinski definition) is 1. The molecule has 0 aliphatic heterocycles. The summed E-state index contributed by atoms with van der Waals surface area (Å²) in [6.45, 7) is 2.48. The van der Waals surface area contributed by atoms with Crippen molar-refractivity contribution in [2.24, 2.45) is 5.10 Å². The van der Waals surface area contributed by atoms with Crippen LogP contribution in [0.25, 0.3) is 0 Å². The number of ether oxygens (including phenoxy) is 2. The molecule has 0 spiro atoms. The van der Waals surface area contributed by atoms with Crippen molar-refractivity contribution in [2.75, 3.05) is 13.7 Å². The van der Waals surface area contributed by atoms with E-state index in [9.17, 15) is 4.79 Å². The summed E-state index contributed by atoms with van der Waals surface area (Å²) in [4.78, 5) is 11.9. The first-order chi connectivity index (χ1) is 12.0. The number of nitrogens with one attached hydrogen (secondary N) is 1. The molecular weight excluding hydrogens is 499 g/mol. The SMILES string of the molecule is CCOc1c(I)cc(/C=N/NC(=O)Cc2ccc(Br)cc2)cc1OC. The van der Waals surface area contributed by atoms with Gasteiger partial charge in [-0.25, -0.2) is 5.43 Å². The summed E-state index contributed by atoms with van der Waals surface area (Å²) in [7, 11) is 1.59. The van der Waals surface area contributed by atoms with Crippen molar-refractivity contribution in [3.05, 3.63) is 55.6 Å². The molecule has 0 aliphatic carbocycles. The van der Waals surface area contributed by atoms with E-state index in [2.05, 4.69) is 49.0 Å². The molecule has 0 saturated carbocycles. The number of hydrogen-bond acceptors (Lipinski definition) is 4. The van der Waals surface area contributed by atoms with Gasteiger partial charge in [0.2, 0.25) is 5.91 Å². The maximum Gasteiger partial charge on any atom is 0.244 e. The summed E-state index contributed by atoms with van der Waals surface area (Å²) in [5.74, 6) is 1.17. The molecule has 1 N–H and O–H groups in total. The predicted molar refractivity (Wildman–Crippen MR) is 110 cm³/mol. The highest BCUT2D eigenvalue weighted by atomic mass is 127. The first-order valence-electron chi connectivity index (χ1n) is 7.60. The number of benzene rings is 2. The minimum absolute atomic E-state index is 0.175. The molecule has 1 amide bonds. The van der Waals surface area contributed by atoms with E-state index >= 15 is 0 Å². The third kappa shape index (κ3) is 6.00. The van der Waals surface area contributed by atoms with Gasteiger partial charge < -0.3 is 9.47 Å². The van der Waals surface area contributed by atoms with Gasteiger partial charge in [0.05, 0.1) is 29.9 Å². The molecule has 0 fully saturated rings. The van der Waals surface area contributed by atoms with Gasteiger partial charge in [0.25, 0.3) is 0 Å². The first kappa shape index (κ1) is 19.7. The molecule has 5 nitrogen and oxygen atoms in total. The Hall–Kier alpha value is -1.61. The van der Waals surface area contributed by atoms with Crippen molar-refractivity contribution < 1.29 is 14.3 Å². The van der Waals surface area contributed by atoms with Crippen molar-refractivity contribution in [2.45, 2.75) is 13.3 Å². The van der Waals surface area contributed by atoms with Crippen molar-refractivity contribution in [1.82, 2.24) is 5.43 Å². The predicted octanol–water partition coefficient (Wildman–Crippen LogP) is 4.15. The molecule has 7 heteroatoms. The zero-order chi connectivity index (χ0) is 18.2. The minimum atomic E-state index is -0.175. The summed E-state index contributed by atoms with van der Waals surface area (Å²) < 4.78 is 12.8. The van der Waals surface area contributed by atoms with Crippen LogP contribution in [0.5, 0.6) is 11.5 Å². The minimum Gasteiger partial charge on any atom is -0.493 e. The normalized spacial score (nSPS) is 10.7. The number of halogens is 2. The van der Waals surface area contributed by atoms with Crippen LogP contribution in [0.2, 0.25) is 0 Å². The van der Waals surface area contributed by atoms with Crippen LogP contribution in [-0.2, 0) is 11.2 Å². The van der Waals surface area contributed by atoms with Crippen LogP contribution in [0.4, 0.5) is 0 Å². The highest BCUT2D eigenvalue weighted by Gasteiger charge is 2.10. The van der Waals surface area contributed by atoms with Crippen molar-refractivity contribution in [3.63, 3.8) is 0 Å². The molecule has 0 atom stereocenters. The highest BCUT2D eigenvalue weighted by Crippen LogP contribution is 2.33. The fourth-order valence-electron chi connectivity index (χ4n) is 2.10. The number of carbonyl (C=O) groups excluding carboxylic acids is 1. The monoisotopic (exact) mass is 516 g/mol. The molecule has 0 heterocycles. The third-order valence-corrected chi connectivity index (χ3v) is 4.55. The fraction of sp³-hybridized carbons (Fsp3) is 0.222. The summed E-state index contributed by atoms with van der Waals surface area (Å²) in [6.07, 6.45) is 1.86. The number of carbonyl (C=O) groups is 1. The van der Waals surface area contributed by atoms with Gasteiger partial charge in [-0.1, -0.05) is 28.1 Å². The van der Waals surface area contributed by atoms with E-state index in [4.69, 9.17) is 9.47 Å². The Morgan fingerprint density at radius 3 is 2.68 bits per heavy atom. The van der Waals surface area contributed by atoms with E-state index in [1.807, 2.05) is 43.3 Å². The molecule has 2 aromatic rings. The van der Waals surface area contributed by atoms with Gasteiger partial charge in [-0.2, -0.15) is 5.10 Å². The number of methoxy groups -OCH3 is 1. The quantitative estimate of drug-likeness (QED) is 0.341. The lowest BCUT2D eigenvalue weighted by Gasteiger charge is -2.12. The summed E-state index contributed by atoms with van der Waals surface area (Å²) in [5.41, 5.74) is 4.27. The van der Waals surface area contributed by atoms with E-state index in [0.717, 1.165) is 19.2 Å². The van der Waals surface area contributed by atoms with Gasteiger partial charge in [0.1, 0.15) is 0 Å². The Labute approximate surface area is 169 Å². The van der Waals surface area contributed by atoms with Crippen LogP contribution in [0.1, 0.15) is 18.1 Å². The van der Waals surface area contributed by atoms with Gasteiger partial charge in [-0.15, -0.1) is 0 Å². The molecule has 0 saturated heterocycles. The van der Waals surface area contributed by atoms with E-state index in [0.29, 0.717) is 18.1 Å². The second kappa shape index (κ2) is 9.76. The fourth-order valence-corrected chi connectivity index (χ4v) is 3.15. The molecule has 0 aromatic heterocycles. The highest BCUT2D eigenvalue weighted by molar-refractivity contribution is 14.1. The molecule has 132 valence electrons. The lowest BCUT2D eigenvalue weighted by molar-refractivity contribution is -0.120. The summed E-state index contributed by atoms with van der Waals surface area (Å²) in [6, 6.07) is 11.3. The second-order valence-electron chi connectivity index (χ2n) is 5.06. The Balaban J connectivity index is 2.00. The molecule has 25 heavy (non-hydrogen) atoms. The number of nitrogens with zero attached hydrogens (tertiary/aromatic N) is 1. The van der Waals surface area contributed by atoms with E-state index < -0.39 is 0 Å². The lowest BCUT2D eigenvalue weighted by Crippen LogP contribution is -2.19. The number of amides is 1. The standard InChI is InChI=1S/C18H18BrIN2O3/c1-3-25-18-15(20)8-13(9-16(18)24-2)11-21-22-17(23)10-12-4-6-14(19)7-5-12/h4-9,11H,3,10H2,1-2H3,(H,22,23)/b21-11+. The largest absolute Gasteiger partial charge is 0.493 e. The van der Waals surface area contributed by atoms with Crippen LogP contribution in [-0.4, -0.2) is 25.8 Å². The Morgan fingerprint density at radius 2 is 2.04 bits per heavy atom. The van der Waals surface area contributed by atoms with E-state index in [1.165, 1.54) is 0 Å². The van der Waals surface area contributed by atoms with Gasteiger partial charge in [-0.3, -0.25) is 4.79 Å². The van der Waals surface area contributed by atoms with Crippen molar-refractivity contribution in [3.8, 4) is 11.5 Å². The average Bonchev–Trinajstić information content (AvgIpc) is 2.59. The van der Waals surface area contributed by atoms with Gasteiger partial charge in [-0.05, 0) is 64.9 Å². The Morgan fingerprint density at radius 1 is 1.32 bits per heavy atom. The van der Waals surface area contributed by atoms with E-state index in [-0.39, 0.29) is 12.3 Å². The molecular formula is C18H18BrIN2O3. The van der Waals surface area contributed by atoms with Gasteiger partial charge in [0.15, 0.2) is 11.5 Å². The van der Waals surface area contributed by atoms with Crippen LogP contribution in [0.15, 0.2) is 46.0 Å². The smallest absolute Gasteiger partial charge is 0.244 e. The Kier molecular flexibility index (Phi) is 7.70. The average molecular weight is 517 g/mol. The number of rotatable bonds is 7. The van der Waals surface area contributed by atoms with Crippen LogP contribution < -0.4 is 14.9 Å². The Bertz CT molecular complexity index is 764. The molecule has 0 radical (unpaired) electrons. The molecule has 2 aromatic carbocycles. The second-order valence-corrected chi connectivity index (χ2v) is 7.14. The van der Waals surface area contributed by atoms with Gasteiger partial charge >= 0.3 is 0 Å². The van der Waals surface area contributed by atoms with Crippen LogP contribution in [0, 0.1) is 3.57 Å². The topological polar surface area (TPSA) is 59.9 Å². The summed E-state index contributed by atoms with van der Waals surface area (Å²) >= 11 is 5.55. The molecule has 2 rings (SSSR count). The first-order valence-corrected chi connectivity index (χ1v) is 9.47. The molecule has 0 unspecified atom stereocenters. The van der Waals surface area contributed by atoms with E-state index in [1.54, 1.807) is 13.3 Å².